The summed E-state index contributed by atoms with van der Waals surface area (Å²) in [7, 11) is 4.60. The van der Waals surface area contributed by atoms with Gasteiger partial charge < -0.3 is 24.2 Å². The number of carbonyl (C=O) groups is 3. The topological polar surface area (TPSA) is 102 Å². The molecule has 2 atom stereocenters. The molecule has 0 aliphatic carbocycles. The Bertz CT molecular complexity index is 891. The smallest absolute Gasteiger partial charge is 0.326 e. The van der Waals surface area contributed by atoms with Gasteiger partial charge in [-0.3, -0.25) is 9.59 Å². The largest absolute Gasteiger partial charge is 0.493 e. The van der Waals surface area contributed by atoms with Crippen molar-refractivity contribution in [1.29, 1.82) is 0 Å². The van der Waals surface area contributed by atoms with E-state index in [0.717, 1.165) is 5.56 Å². The van der Waals surface area contributed by atoms with Gasteiger partial charge in [0.1, 0.15) is 6.04 Å². The molecular formula is C24H33NO7. The highest BCUT2D eigenvalue weighted by atomic mass is 16.5. The molecule has 1 amide bonds. The number of rotatable bonds is 10. The molecule has 1 fully saturated rings. The number of benzene rings is 1. The molecule has 0 radical (unpaired) electrons. The standard InChI is InChI=1S/C24H33NO7/c1-7-24(2,3)21(26)22(27)25-16(12-13-17(25)23(28)29)10-8-9-15-11-14-18(30-4)20(32-6)19(15)31-5/h8-9,11,14,16-17H,7,10,12-13H2,1-6H3,(H,28,29)/t16?,17-/m0/s1. The Morgan fingerprint density at radius 1 is 1.09 bits per heavy atom. The molecule has 1 aliphatic heterocycles. The van der Waals surface area contributed by atoms with Crippen molar-refractivity contribution in [2.45, 2.75) is 58.5 Å². The molecule has 0 bridgehead atoms. The van der Waals surface area contributed by atoms with Crippen molar-refractivity contribution in [3.63, 3.8) is 0 Å². The SMILES string of the molecule is CCC(C)(C)C(=O)C(=O)N1C(CC=Cc2ccc(OC)c(OC)c2OC)CC[C@H]1C(=O)O. The molecule has 0 spiro atoms. The van der Waals surface area contributed by atoms with E-state index in [-0.39, 0.29) is 6.04 Å². The molecule has 1 saturated heterocycles. The summed E-state index contributed by atoms with van der Waals surface area (Å²) in [5, 5.41) is 9.61. The van der Waals surface area contributed by atoms with Crippen LogP contribution in [0.2, 0.25) is 0 Å². The fraction of sp³-hybridized carbons (Fsp3) is 0.542. The summed E-state index contributed by atoms with van der Waals surface area (Å²) in [6.45, 7) is 5.25. The van der Waals surface area contributed by atoms with Gasteiger partial charge in [-0.05, 0) is 37.8 Å². The number of likely N-dealkylation sites (tertiary alicyclic amines) is 1. The highest BCUT2D eigenvalue weighted by Crippen LogP contribution is 2.40. The Kier molecular flexibility index (Phi) is 8.30. The van der Waals surface area contributed by atoms with Gasteiger partial charge in [-0.25, -0.2) is 4.79 Å². The number of nitrogens with zero attached hydrogens (tertiary/aromatic N) is 1. The van der Waals surface area contributed by atoms with Crippen LogP contribution in [0.15, 0.2) is 18.2 Å². The summed E-state index contributed by atoms with van der Waals surface area (Å²) >= 11 is 0. The summed E-state index contributed by atoms with van der Waals surface area (Å²) in [5.74, 6) is -0.852. The number of carboxylic acids is 1. The molecule has 1 aliphatic rings. The highest BCUT2D eigenvalue weighted by Gasteiger charge is 2.45. The average Bonchev–Trinajstić information content (AvgIpc) is 3.21. The zero-order chi connectivity index (χ0) is 24.1. The van der Waals surface area contributed by atoms with E-state index >= 15 is 0 Å². The highest BCUT2D eigenvalue weighted by molar-refractivity contribution is 6.38. The van der Waals surface area contributed by atoms with Gasteiger partial charge in [-0.2, -0.15) is 0 Å². The Hall–Kier alpha value is -3.03. The minimum absolute atomic E-state index is 0.319. The summed E-state index contributed by atoms with van der Waals surface area (Å²) in [5.41, 5.74) is -0.0881. The Labute approximate surface area is 189 Å². The molecule has 32 heavy (non-hydrogen) atoms. The molecule has 1 aromatic carbocycles. The number of methoxy groups -OCH3 is 3. The fourth-order valence-electron chi connectivity index (χ4n) is 3.84. The van der Waals surface area contributed by atoms with Crippen molar-refractivity contribution >= 4 is 23.7 Å². The predicted molar refractivity (Wildman–Crippen MR) is 120 cm³/mol. The van der Waals surface area contributed by atoms with Crippen LogP contribution in [-0.2, 0) is 14.4 Å². The summed E-state index contributed by atoms with van der Waals surface area (Å²) in [6.07, 6.45) is 5.42. The number of Topliss-reactive ketones (excluding diaryl/α,β-unsaturated/α-hetero) is 1. The summed E-state index contributed by atoms with van der Waals surface area (Å²) in [6, 6.07) is 2.22. The van der Waals surface area contributed by atoms with E-state index in [0.29, 0.717) is 42.9 Å². The molecular weight excluding hydrogens is 414 g/mol. The van der Waals surface area contributed by atoms with Crippen LogP contribution in [-0.4, -0.2) is 61.1 Å². The van der Waals surface area contributed by atoms with Crippen LogP contribution in [0.1, 0.15) is 52.0 Å². The second kappa shape index (κ2) is 10.5. The third-order valence-electron chi connectivity index (χ3n) is 6.16. The van der Waals surface area contributed by atoms with Crippen LogP contribution < -0.4 is 14.2 Å². The van der Waals surface area contributed by atoms with Crippen LogP contribution >= 0.6 is 0 Å². The monoisotopic (exact) mass is 447 g/mol. The normalized spacial score (nSPS) is 18.6. The minimum atomic E-state index is -1.09. The quantitative estimate of drug-likeness (QED) is 0.547. The van der Waals surface area contributed by atoms with E-state index in [1.54, 1.807) is 27.0 Å². The minimum Gasteiger partial charge on any atom is -0.493 e. The first-order valence-corrected chi connectivity index (χ1v) is 10.7. The van der Waals surface area contributed by atoms with Gasteiger partial charge in [-0.1, -0.05) is 32.9 Å². The second-order valence-electron chi connectivity index (χ2n) is 8.43. The average molecular weight is 448 g/mol. The Balaban J connectivity index is 2.28. The predicted octanol–water partition coefficient (Wildman–Crippen LogP) is 3.57. The van der Waals surface area contributed by atoms with Crippen LogP contribution in [0.25, 0.3) is 6.08 Å². The van der Waals surface area contributed by atoms with Gasteiger partial charge in [0, 0.05) is 17.0 Å². The van der Waals surface area contributed by atoms with E-state index in [1.807, 2.05) is 25.1 Å². The number of hydrogen-bond acceptors (Lipinski definition) is 6. The maximum Gasteiger partial charge on any atom is 0.326 e. The van der Waals surface area contributed by atoms with E-state index in [1.165, 1.54) is 19.1 Å². The van der Waals surface area contributed by atoms with Crippen molar-refractivity contribution in [1.82, 2.24) is 4.90 Å². The lowest BCUT2D eigenvalue weighted by Crippen LogP contribution is -2.50. The first kappa shape index (κ1) is 25.2. The van der Waals surface area contributed by atoms with E-state index in [4.69, 9.17) is 14.2 Å². The number of ether oxygens (including phenoxy) is 3. The fourth-order valence-corrected chi connectivity index (χ4v) is 3.84. The lowest BCUT2D eigenvalue weighted by molar-refractivity contribution is -0.156. The van der Waals surface area contributed by atoms with Crippen LogP contribution in [0.4, 0.5) is 0 Å². The van der Waals surface area contributed by atoms with Gasteiger partial charge in [0.15, 0.2) is 11.5 Å². The zero-order valence-electron chi connectivity index (χ0n) is 19.6. The lowest BCUT2D eigenvalue weighted by Gasteiger charge is -2.30. The molecule has 1 heterocycles. The van der Waals surface area contributed by atoms with Crippen LogP contribution in [0, 0.1) is 5.41 Å². The number of carboxylic acid groups (broad SMARTS) is 1. The first-order valence-electron chi connectivity index (χ1n) is 10.7. The maximum absolute atomic E-state index is 13.0. The number of carbonyl (C=O) groups excluding carboxylic acids is 2. The van der Waals surface area contributed by atoms with E-state index in [2.05, 4.69) is 0 Å². The zero-order valence-corrected chi connectivity index (χ0v) is 19.6. The number of aliphatic carboxylic acids is 1. The molecule has 8 nitrogen and oxygen atoms in total. The Morgan fingerprint density at radius 2 is 1.75 bits per heavy atom. The maximum atomic E-state index is 13.0. The second-order valence-corrected chi connectivity index (χ2v) is 8.43. The first-order chi connectivity index (χ1) is 15.1. The molecule has 0 saturated carbocycles. The van der Waals surface area contributed by atoms with Crippen molar-refractivity contribution in [2.24, 2.45) is 5.41 Å². The van der Waals surface area contributed by atoms with Gasteiger partial charge in [-0.15, -0.1) is 0 Å². The van der Waals surface area contributed by atoms with Crippen molar-refractivity contribution in [3.8, 4) is 17.2 Å². The molecule has 0 aromatic heterocycles. The number of amides is 1. The molecule has 1 aromatic rings. The van der Waals surface area contributed by atoms with Gasteiger partial charge in [0.2, 0.25) is 11.5 Å². The Morgan fingerprint density at radius 3 is 2.28 bits per heavy atom. The lowest BCUT2D eigenvalue weighted by atomic mass is 9.84. The van der Waals surface area contributed by atoms with Crippen LogP contribution in [0.5, 0.6) is 17.2 Å². The third kappa shape index (κ3) is 5.06. The molecule has 8 heteroatoms. The van der Waals surface area contributed by atoms with Gasteiger partial charge >= 0.3 is 5.97 Å². The number of hydrogen-bond donors (Lipinski definition) is 1. The van der Waals surface area contributed by atoms with E-state index < -0.39 is 29.1 Å². The molecule has 1 unspecified atom stereocenters. The van der Waals surface area contributed by atoms with Crippen molar-refractivity contribution in [2.75, 3.05) is 21.3 Å². The van der Waals surface area contributed by atoms with Crippen molar-refractivity contribution in [3.05, 3.63) is 23.8 Å². The molecule has 176 valence electrons. The van der Waals surface area contributed by atoms with Crippen LogP contribution in [0.3, 0.4) is 0 Å². The van der Waals surface area contributed by atoms with Crippen molar-refractivity contribution < 1.29 is 33.7 Å². The summed E-state index contributed by atoms with van der Waals surface area (Å²) in [4.78, 5) is 38.8. The molecule has 2 rings (SSSR count). The van der Waals surface area contributed by atoms with E-state index in [9.17, 15) is 19.5 Å². The van der Waals surface area contributed by atoms with Gasteiger partial charge in [0.25, 0.3) is 5.91 Å². The summed E-state index contributed by atoms with van der Waals surface area (Å²) < 4.78 is 16.2. The molecule has 1 N–H and O–H groups in total. The van der Waals surface area contributed by atoms with Gasteiger partial charge in [0.05, 0.1) is 21.3 Å². The third-order valence-corrected chi connectivity index (χ3v) is 6.16. The number of ketones is 1.